The third-order valence-corrected chi connectivity index (χ3v) is 5.31. The van der Waals surface area contributed by atoms with Gasteiger partial charge in [0.15, 0.2) is 5.76 Å². The molecular formula is C20H23N3O3. The second-order valence-corrected chi connectivity index (χ2v) is 6.96. The van der Waals surface area contributed by atoms with Crippen molar-refractivity contribution in [2.24, 2.45) is 0 Å². The van der Waals surface area contributed by atoms with Gasteiger partial charge < -0.3 is 19.1 Å². The van der Waals surface area contributed by atoms with E-state index in [2.05, 4.69) is 24.0 Å². The summed E-state index contributed by atoms with van der Waals surface area (Å²) in [5, 5.41) is 0. The number of amides is 2. The molecule has 6 nitrogen and oxygen atoms in total. The number of nitrogens with zero attached hydrogens (tertiary/aromatic N) is 3. The van der Waals surface area contributed by atoms with Crippen LogP contribution in [0, 0.1) is 0 Å². The van der Waals surface area contributed by atoms with E-state index in [4.69, 9.17) is 4.42 Å². The molecule has 0 aliphatic carbocycles. The second-order valence-electron chi connectivity index (χ2n) is 6.96. The van der Waals surface area contributed by atoms with Crippen LogP contribution in [0.25, 0.3) is 0 Å². The van der Waals surface area contributed by atoms with E-state index >= 15 is 0 Å². The van der Waals surface area contributed by atoms with Gasteiger partial charge in [-0.1, -0.05) is 18.2 Å². The van der Waals surface area contributed by atoms with Crippen molar-refractivity contribution >= 4 is 17.5 Å². The summed E-state index contributed by atoms with van der Waals surface area (Å²) < 4.78 is 5.18. The maximum absolute atomic E-state index is 12.8. The molecule has 1 aromatic carbocycles. The first-order chi connectivity index (χ1) is 12.6. The number of carbonyl (C=O) groups is 2. The number of hydrogen-bond donors (Lipinski definition) is 0. The maximum atomic E-state index is 12.8. The summed E-state index contributed by atoms with van der Waals surface area (Å²) in [6.07, 6.45) is 2.48. The van der Waals surface area contributed by atoms with Gasteiger partial charge in [-0.05, 0) is 37.1 Å². The summed E-state index contributed by atoms with van der Waals surface area (Å²) in [6.45, 7) is 4.76. The molecule has 6 heteroatoms. The summed E-state index contributed by atoms with van der Waals surface area (Å²) in [6, 6.07) is 12.0. The molecule has 2 amide bonds. The normalized spacial score (nSPS) is 19.6. The smallest absolute Gasteiger partial charge is 0.289 e. The van der Waals surface area contributed by atoms with Crippen LogP contribution in [0.4, 0.5) is 5.69 Å². The van der Waals surface area contributed by atoms with Gasteiger partial charge in [0.25, 0.3) is 5.91 Å². The fraction of sp³-hybridized carbons (Fsp3) is 0.400. The van der Waals surface area contributed by atoms with Crippen molar-refractivity contribution in [3.8, 4) is 0 Å². The maximum Gasteiger partial charge on any atom is 0.289 e. The van der Waals surface area contributed by atoms with Gasteiger partial charge in [-0.25, -0.2) is 0 Å². The number of furan rings is 1. The van der Waals surface area contributed by atoms with Crippen molar-refractivity contribution in [3.63, 3.8) is 0 Å². The molecule has 1 aromatic heterocycles. The number of piperazine rings is 1. The van der Waals surface area contributed by atoms with Gasteiger partial charge in [0, 0.05) is 37.9 Å². The van der Waals surface area contributed by atoms with Crippen LogP contribution in [-0.2, 0) is 11.2 Å². The van der Waals surface area contributed by atoms with Crippen molar-refractivity contribution in [3.05, 3.63) is 54.0 Å². The van der Waals surface area contributed by atoms with Gasteiger partial charge >= 0.3 is 0 Å². The number of anilines is 1. The number of rotatable bonds is 3. The van der Waals surface area contributed by atoms with Crippen molar-refractivity contribution in [1.29, 1.82) is 0 Å². The molecular weight excluding hydrogens is 330 g/mol. The Hall–Kier alpha value is -2.76. The SMILES string of the molecule is C[C@@H]1Cc2ccccc2N1CC(=O)N1CCN(C(=O)c2ccco2)CC1. The summed E-state index contributed by atoms with van der Waals surface area (Å²) in [5.74, 6) is 0.370. The Kier molecular flexibility index (Phi) is 4.41. The molecule has 0 spiro atoms. The van der Waals surface area contributed by atoms with E-state index in [0.717, 1.165) is 6.42 Å². The standard InChI is InChI=1S/C20H23N3O3/c1-15-13-16-5-2-3-6-17(16)23(15)14-19(24)21-8-10-22(11-9-21)20(25)18-7-4-12-26-18/h2-7,12,15H,8-11,13-14H2,1H3/t15-/m1/s1. The Bertz CT molecular complexity index is 794. The monoisotopic (exact) mass is 353 g/mol. The van der Waals surface area contributed by atoms with Crippen molar-refractivity contribution in [2.75, 3.05) is 37.6 Å². The molecule has 0 radical (unpaired) electrons. The Morgan fingerprint density at radius 2 is 1.77 bits per heavy atom. The summed E-state index contributed by atoms with van der Waals surface area (Å²) in [5.41, 5.74) is 2.47. The average molecular weight is 353 g/mol. The lowest BCUT2D eigenvalue weighted by molar-refractivity contribution is -0.131. The lowest BCUT2D eigenvalue weighted by atomic mass is 10.1. The lowest BCUT2D eigenvalue weighted by Gasteiger charge is -2.36. The molecule has 136 valence electrons. The van der Waals surface area contributed by atoms with Crippen molar-refractivity contribution < 1.29 is 14.0 Å². The van der Waals surface area contributed by atoms with E-state index in [-0.39, 0.29) is 11.8 Å². The van der Waals surface area contributed by atoms with E-state index in [0.29, 0.717) is 44.5 Å². The largest absolute Gasteiger partial charge is 0.459 e. The number of benzene rings is 1. The van der Waals surface area contributed by atoms with E-state index in [1.807, 2.05) is 17.0 Å². The van der Waals surface area contributed by atoms with Gasteiger partial charge in [-0.15, -0.1) is 0 Å². The quantitative estimate of drug-likeness (QED) is 0.847. The van der Waals surface area contributed by atoms with E-state index in [1.54, 1.807) is 17.0 Å². The molecule has 1 saturated heterocycles. The average Bonchev–Trinajstić information content (AvgIpc) is 3.30. The van der Waals surface area contributed by atoms with Gasteiger partial charge in [-0.2, -0.15) is 0 Å². The first-order valence-corrected chi connectivity index (χ1v) is 9.08. The predicted octanol–water partition coefficient (Wildman–Crippen LogP) is 2.02. The van der Waals surface area contributed by atoms with Crippen LogP contribution in [0.3, 0.4) is 0 Å². The predicted molar refractivity (Wildman–Crippen MR) is 98.1 cm³/mol. The molecule has 0 saturated carbocycles. The van der Waals surface area contributed by atoms with Crippen LogP contribution in [0.2, 0.25) is 0 Å². The molecule has 2 aliphatic heterocycles. The third kappa shape index (κ3) is 3.07. The first-order valence-electron chi connectivity index (χ1n) is 9.08. The highest BCUT2D eigenvalue weighted by Crippen LogP contribution is 2.31. The van der Waals surface area contributed by atoms with Gasteiger partial charge in [0.2, 0.25) is 5.91 Å². The second kappa shape index (κ2) is 6.86. The fourth-order valence-electron chi connectivity index (χ4n) is 3.83. The van der Waals surface area contributed by atoms with Crippen LogP contribution in [-0.4, -0.2) is 60.4 Å². The topological polar surface area (TPSA) is 57.0 Å². The Morgan fingerprint density at radius 3 is 2.50 bits per heavy atom. The minimum atomic E-state index is -0.107. The zero-order valence-electron chi connectivity index (χ0n) is 14.9. The Balaban J connectivity index is 1.35. The summed E-state index contributed by atoms with van der Waals surface area (Å²) >= 11 is 0. The van der Waals surface area contributed by atoms with Crippen molar-refractivity contribution in [2.45, 2.75) is 19.4 Å². The minimum absolute atomic E-state index is 0.107. The van der Waals surface area contributed by atoms with Gasteiger partial charge in [0.05, 0.1) is 12.8 Å². The molecule has 3 heterocycles. The Labute approximate surface area is 153 Å². The molecule has 26 heavy (non-hydrogen) atoms. The Morgan fingerprint density at radius 1 is 1.04 bits per heavy atom. The van der Waals surface area contributed by atoms with Crippen LogP contribution in [0.1, 0.15) is 23.0 Å². The van der Waals surface area contributed by atoms with Gasteiger partial charge in [0.1, 0.15) is 0 Å². The van der Waals surface area contributed by atoms with Gasteiger partial charge in [-0.3, -0.25) is 9.59 Å². The van der Waals surface area contributed by atoms with Crippen LogP contribution >= 0.6 is 0 Å². The highest BCUT2D eigenvalue weighted by atomic mass is 16.3. The molecule has 0 N–H and O–H groups in total. The molecule has 0 unspecified atom stereocenters. The number of hydrogen-bond acceptors (Lipinski definition) is 4. The molecule has 4 rings (SSSR count). The van der Waals surface area contributed by atoms with Crippen LogP contribution in [0.15, 0.2) is 47.1 Å². The van der Waals surface area contributed by atoms with E-state index < -0.39 is 0 Å². The zero-order valence-corrected chi connectivity index (χ0v) is 14.9. The lowest BCUT2D eigenvalue weighted by Crippen LogP contribution is -2.53. The van der Waals surface area contributed by atoms with E-state index in [1.165, 1.54) is 17.5 Å². The molecule has 1 atom stereocenters. The molecule has 2 aliphatic rings. The number of carbonyl (C=O) groups excluding carboxylic acids is 2. The minimum Gasteiger partial charge on any atom is -0.459 e. The molecule has 0 bridgehead atoms. The number of fused-ring (bicyclic) bond motifs is 1. The number of para-hydroxylation sites is 1. The van der Waals surface area contributed by atoms with Crippen LogP contribution in [0.5, 0.6) is 0 Å². The highest BCUT2D eigenvalue weighted by Gasteiger charge is 2.30. The van der Waals surface area contributed by atoms with Crippen LogP contribution < -0.4 is 4.90 Å². The third-order valence-electron chi connectivity index (χ3n) is 5.31. The summed E-state index contributed by atoms with van der Waals surface area (Å²) in [4.78, 5) is 30.9. The van der Waals surface area contributed by atoms with E-state index in [9.17, 15) is 9.59 Å². The zero-order chi connectivity index (χ0) is 18.1. The molecule has 1 fully saturated rings. The first kappa shape index (κ1) is 16.7. The fourth-order valence-corrected chi connectivity index (χ4v) is 3.83. The van der Waals surface area contributed by atoms with Crippen molar-refractivity contribution in [1.82, 2.24) is 9.80 Å². The molecule has 2 aromatic rings. The summed E-state index contributed by atoms with van der Waals surface area (Å²) in [7, 11) is 0. The highest BCUT2D eigenvalue weighted by molar-refractivity contribution is 5.91.